The Morgan fingerprint density at radius 3 is 3.00 bits per heavy atom. The SMILES string of the molecule is CCCSc1ccc2[nH]c(N)cc2c1. The first kappa shape index (κ1) is 9.46. The Balaban J connectivity index is 2.31. The number of aromatic nitrogens is 1. The van der Waals surface area contributed by atoms with Crippen LogP contribution in [0.3, 0.4) is 0 Å². The second-order valence-corrected chi connectivity index (χ2v) is 4.49. The number of hydrogen-bond acceptors (Lipinski definition) is 2. The van der Waals surface area contributed by atoms with E-state index in [-0.39, 0.29) is 0 Å². The van der Waals surface area contributed by atoms with Crippen LogP contribution < -0.4 is 5.73 Å². The van der Waals surface area contributed by atoms with Crippen molar-refractivity contribution in [2.24, 2.45) is 0 Å². The Labute approximate surface area is 87.9 Å². The summed E-state index contributed by atoms with van der Waals surface area (Å²) in [4.78, 5) is 4.43. The maximum atomic E-state index is 5.68. The van der Waals surface area contributed by atoms with E-state index in [0.717, 1.165) is 11.3 Å². The van der Waals surface area contributed by atoms with Crippen molar-refractivity contribution in [3.8, 4) is 0 Å². The van der Waals surface area contributed by atoms with E-state index in [2.05, 4.69) is 30.1 Å². The number of anilines is 1. The number of nitrogens with one attached hydrogen (secondary N) is 1. The summed E-state index contributed by atoms with van der Waals surface area (Å²) >= 11 is 1.89. The molecule has 2 rings (SSSR count). The number of H-pyrrole nitrogens is 1. The van der Waals surface area contributed by atoms with Crippen molar-refractivity contribution < 1.29 is 0 Å². The van der Waals surface area contributed by atoms with E-state index in [1.54, 1.807) is 0 Å². The number of nitrogens with two attached hydrogens (primary N) is 1. The summed E-state index contributed by atoms with van der Waals surface area (Å²) in [6, 6.07) is 8.39. The first-order valence-corrected chi connectivity index (χ1v) is 5.79. The fraction of sp³-hybridized carbons (Fsp3) is 0.273. The molecule has 74 valence electrons. The van der Waals surface area contributed by atoms with Crippen LogP contribution in [0.2, 0.25) is 0 Å². The third-order valence-corrected chi connectivity index (χ3v) is 3.29. The number of rotatable bonds is 3. The summed E-state index contributed by atoms with van der Waals surface area (Å²) < 4.78 is 0. The van der Waals surface area contributed by atoms with E-state index in [0.29, 0.717) is 0 Å². The highest BCUT2D eigenvalue weighted by atomic mass is 32.2. The van der Waals surface area contributed by atoms with Crippen LogP contribution in [0.25, 0.3) is 10.9 Å². The highest BCUT2D eigenvalue weighted by Crippen LogP contribution is 2.25. The quantitative estimate of drug-likeness (QED) is 0.757. The van der Waals surface area contributed by atoms with Crippen molar-refractivity contribution in [3.05, 3.63) is 24.3 Å². The van der Waals surface area contributed by atoms with Crippen molar-refractivity contribution >= 4 is 28.5 Å². The van der Waals surface area contributed by atoms with E-state index in [1.807, 2.05) is 17.8 Å². The van der Waals surface area contributed by atoms with Crippen LogP contribution in [0, 0.1) is 0 Å². The Morgan fingerprint density at radius 1 is 1.36 bits per heavy atom. The van der Waals surface area contributed by atoms with Gasteiger partial charge in [0.15, 0.2) is 0 Å². The van der Waals surface area contributed by atoms with Gasteiger partial charge in [0.1, 0.15) is 5.82 Å². The first-order valence-electron chi connectivity index (χ1n) is 4.80. The van der Waals surface area contributed by atoms with Crippen LogP contribution >= 0.6 is 11.8 Å². The van der Waals surface area contributed by atoms with Gasteiger partial charge in [-0.3, -0.25) is 0 Å². The van der Waals surface area contributed by atoms with Crippen LogP contribution in [-0.4, -0.2) is 10.7 Å². The van der Waals surface area contributed by atoms with Gasteiger partial charge >= 0.3 is 0 Å². The Kier molecular flexibility index (Phi) is 2.68. The minimum absolute atomic E-state index is 0.734. The summed E-state index contributed by atoms with van der Waals surface area (Å²) in [7, 11) is 0. The Bertz CT molecular complexity index is 434. The molecule has 0 aliphatic rings. The molecule has 1 aromatic carbocycles. The third kappa shape index (κ3) is 1.87. The van der Waals surface area contributed by atoms with Gasteiger partial charge in [0.25, 0.3) is 0 Å². The molecule has 3 heteroatoms. The van der Waals surface area contributed by atoms with Gasteiger partial charge in [-0.1, -0.05) is 6.92 Å². The molecule has 0 saturated heterocycles. The molecule has 0 unspecified atom stereocenters. The zero-order valence-corrected chi connectivity index (χ0v) is 9.03. The first-order chi connectivity index (χ1) is 6.79. The zero-order chi connectivity index (χ0) is 9.97. The van der Waals surface area contributed by atoms with E-state index in [4.69, 9.17) is 5.73 Å². The van der Waals surface area contributed by atoms with E-state index < -0.39 is 0 Å². The van der Waals surface area contributed by atoms with Crippen LogP contribution in [-0.2, 0) is 0 Å². The topological polar surface area (TPSA) is 41.8 Å². The summed E-state index contributed by atoms with van der Waals surface area (Å²) in [5.74, 6) is 1.91. The van der Waals surface area contributed by atoms with E-state index >= 15 is 0 Å². The second kappa shape index (κ2) is 3.96. The number of aromatic amines is 1. The number of benzene rings is 1. The molecule has 0 spiro atoms. The van der Waals surface area contributed by atoms with Crippen molar-refractivity contribution in [2.45, 2.75) is 18.2 Å². The van der Waals surface area contributed by atoms with E-state index in [9.17, 15) is 0 Å². The standard InChI is InChI=1S/C11H14N2S/c1-2-5-14-9-3-4-10-8(6-9)7-11(12)13-10/h3-4,6-7,13H,2,5,12H2,1H3. The lowest BCUT2D eigenvalue weighted by atomic mass is 10.2. The summed E-state index contributed by atoms with van der Waals surface area (Å²) in [6.45, 7) is 2.19. The molecule has 1 aromatic heterocycles. The predicted molar refractivity (Wildman–Crippen MR) is 63.7 cm³/mol. The minimum atomic E-state index is 0.734. The molecule has 0 saturated carbocycles. The highest BCUT2D eigenvalue weighted by Gasteiger charge is 1.99. The van der Waals surface area contributed by atoms with Crippen LogP contribution in [0.5, 0.6) is 0 Å². The molecule has 0 fully saturated rings. The lowest BCUT2D eigenvalue weighted by molar-refractivity contribution is 1.10. The second-order valence-electron chi connectivity index (χ2n) is 3.32. The molecule has 0 atom stereocenters. The molecular formula is C11H14N2S. The number of nitrogen functional groups attached to an aromatic ring is 1. The number of thioether (sulfide) groups is 1. The van der Waals surface area contributed by atoms with Gasteiger partial charge in [0.05, 0.1) is 0 Å². The van der Waals surface area contributed by atoms with Gasteiger partial charge < -0.3 is 10.7 Å². The fourth-order valence-electron chi connectivity index (χ4n) is 1.44. The fourth-order valence-corrected chi connectivity index (χ4v) is 2.26. The molecule has 0 bridgehead atoms. The van der Waals surface area contributed by atoms with Gasteiger partial charge in [-0.15, -0.1) is 11.8 Å². The smallest absolute Gasteiger partial charge is 0.101 e. The Hall–Kier alpha value is -1.09. The third-order valence-electron chi connectivity index (χ3n) is 2.09. The van der Waals surface area contributed by atoms with Gasteiger partial charge in [-0.2, -0.15) is 0 Å². The number of hydrogen-bond donors (Lipinski definition) is 2. The molecule has 1 heterocycles. The predicted octanol–water partition coefficient (Wildman–Crippen LogP) is 3.25. The normalized spacial score (nSPS) is 10.9. The molecule has 2 nitrogen and oxygen atoms in total. The largest absolute Gasteiger partial charge is 0.385 e. The maximum absolute atomic E-state index is 5.68. The summed E-state index contributed by atoms with van der Waals surface area (Å²) in [5.41, 5.74) is 6.79. The Morgan fingerprint density at radius 2 is 2.21 bits per heavy atom. The summed E-state index contributed by atoms with van der Waals surface area (Å²) in [6.07, 6.45) is 1.21. The molecule has 2 aromatic rings. The lowest BCUT2D eigenvalue weighted by Gasteiger charge is -1.98. The van der Waals surface area contributed by atoms with Crippen molar-refractivity contribution in [1.29, 1.82) is 0 Å². The average Bonchev–Trinajstić information content (AvgIpc) is 2.54. The molecular weight excluding hydrogens is 192 g/mol. The summed E-state index contributed by atoms with van der Waals surface area (Å²) in [5, 5.41) is 1.20. The van der Waals surface area contributed by atoms with Crippen LogP contribution in [0.1, 0.15) is 13.3 Å². The molecule has 14 heavy (non-hydrogen) atoms. The lowest BCUT2D eigenvalue weighted by Crippen LogP contribution is -1.80. The maximum Gasteiger partial charge on any atom is 0.101 e. The van der Waals surface area contributed by atoms with Crippen molar-refractivity contribution in [3.63, 3.8) is 0 Å². The molecule has 0 radical (unpaired) electrons. The van der Waals surface area contributed by atoms with E-state index in [1.165, 1.54) is 22.5 Å². The molecule has 0 aliphatic heterocycles. The van der Waals surface area contributed by atoms with Gasteiger partial charge in [0, 0.05) is 15.8 Å². The molecule has 3 N–H and O–H groups in total. The van der Waals surface area contributed by atoms with Gasteiger partial charge in [-0.25, -0.2) is 0 Å². The van der Waals surface area contributed by atoms with Crippen molar-refractivity contribution in [2.75, 3.05) is 11.5 Å². The molecule has 0 amide bonds. The van der Waals surface area contributed by atoms with Crippen LogP contribution in [0.4, 0.5) is 5.82 Å². The minimum Gasteiger partial charge on any atom is -0.385 e. The monoisotopic (exact) mass is 206 g/mol. The highest BCUT2D eigenvalue weighted by molar-refractivity contribution is 7.99. The van der Waals surface area contributed by atoms with Crippen molar-refractivity contribution in [1.82, 2.24) is 4.98 Å². The number of fused-ring (bicyclic) bond motifs is 1. The van der Waals surface area contributed by atoms with Gasteiger partial charge in [-0.05, 0) is 36.4 Å². The zero-order valence-electron chi connectivity index (χ0n) is 8.21. The average molecular weight is 206 g/mol. The molecule has 0 aliphatic carbocycles. The van der Waals surface area contributed by atoms with Gasteiger partial charge in [0.2, 0.25) is 0 Å². The van der Waals surface area contributed by atoms with Crippen LogP contribution in [0.15, 0.2) is 29.2 Å².